The molecule has 0 aliphatic carbocycles. The minimum Gasteiger partial charge on any atom is -0.493 e. The molecule has 1 heterocycles. The van der Waals surface area contributed by atoms with Crippen molar-refractivity contribution >= 4 is 17.6 Å². The highest BCUT2D eigenvalue weighted by Crippen LogP contribution is 2.47. The Morgan fingerprint density at radius 1 is 1.12 bits per heavy atom. The zero-order chi connectivity index (χ0) is 24.3. The third-order valence-electron chi connectivity index (χ3n) is 5.81. The topological polar surface area (TPSA) is 68.2 Å². The minimum atomic E-state index is -4.65. The molecular weight excluding hydrogens is 463 g/mol. The Balaban J connectivity index is 2.23. The van der Waals surface area contributed by atoms with Crippen LogP contribution in [0.2, 0.25) is 5.02 Å². The average molecular weight is 488 g/mol. The fraction of sp³-hybridized carbons (Fsp3) is 0.435. The number of carbonyl (C=O) groups is 1. The molecule has 2 aromatic rings. The van der Waals surface area contributed by atoms with Crippen molar-refractivity contribution in [3.63, 3.8) is 0 Å². The van der Waals surface area contributed by atoms with Gasteiger partial charge in [-0.2, -0.15) is 13.2 Å². The third-order valence-corrected chi connectivity index (χ3v) is 6.14. The van der Waals surface area contributed by atoms with Crippen LogP contribution in [0.25, 0.3) is 0 Å². The van der Waals surface area contributed by atoms with E-state index in [1.807, 2.05) is 4.90 Å². The normalized spacial score (nSPS) is 18.0. The quantitative estimate of drug-likeness (QED) is 0.574. The first kappa shape index (κ1) is 25.0. The lowest BCUT2D eigenvalue weighted by Gasteiger charge is -2.38. The number of benzene rings is 2. The number of hydrogen-bond donors (Lipinski definition) is 1. The molecule has 1 saturated heterocycles. The maximum atomic E-state index is 13.6. The van der Waals surface area contributed by atoms with E-state index in [1.165, 1.54) is 33.5 Å². The Kier molecular flexibility index (Phi) is 7.64. The molecule has 0 saturated carbocycles. The third kappa shape index (κ3) is 5.14. The second kappa shape index (κ2) is 10.1. The highest BCUT2D eigenvalue weighted by atomic mass is 35.5. The number of ether oxygens (including phenoxy) is 3. The highest BCUT2D eigenvalue weighted by molar-refractivity contribution is 6.31. The summed E-state index contributed by atoms with van der Waals surface area (Å²) in [6.45, 7) is 0.664. The standard InChI is InChI=1S/C23H25ClF3NO5/c1-31-18-9-7-15(20(32-2)21(18)33-3)19(28-10-4-5-14(12-28)22(29)30)13-6-8-17(24)16(11-13)23(25,26)27/h6-9,11,14,19H,4-5,10,12H2,1-3H3,(H,29,30). The fourth-order valence-corrected chi connectivity index (χ4v) is 4.52. The summed E-state index contributed by atoms with van der Waals surface area (Å²) < 4.78 is 57.3. The largest absolute Gasteiger partial charge is 0.493 e. The van der Waals surface area contributed by atoms with E-state index in [9.17, 15) is 23.1 Å². The van der Waals surface area contributed by atoms with Crippen molar-refractivity contribution in [2.24, 2.45) is 5.92 Å². The van der Waals surface area contributed by atoms with Crippen LogP contribution in [0, 0.1) is 5.92 Å². The molecule has 1 N–H and O–H groups in total. The number of methoxy groups -OCH3 is 3. The first-order valence-electron chi connectivity index (χ1n) is 10.2. The van der Waals surface area contributed by atoms with E-state index < -0.39 is 34.7 Å². The molecule has 2 aromatic carbocycles. The molecule has 6 nitrogen and oxygen atoms in total. The van der Waals surface area contributed by atoms with E-state index in [4.69, 9.17) is 25.8 Å². The molecule has 0 spiro atoms. The zero-order valence-corrected chi connectivity index (χ0v) is 19.2. The summed E-state index contributed by atoms with van der Waals surface area (Å²) in [5.74, 6) is -0.598. The molecule has 10 heteroatoms. The lowest BCUT2D eigenvalue weighted by Crippen LogP contribution is -2.41. The van der Waals surface area contributed by atoms with Crippen LogP contribution < -0.4 is 14.2 Å². The van der Waals surface area contributed by atoms with Crippen LogP contribution in [0.5, 0.6) is 17.2 Å². The number of rotatable bonds is 7. The van der Waals surface area contributed by atoms with Gasteiger partial charge in [0.1, 0.15) is 0 Å². The molecule has 33 heavy (non-hydrogen) atoms. The number of nitrogens with zero attached hydrogens (tertiary/aromatic N) is 1. The molecule has 2 atom stereocenters. The van der Waals surface area contributed by atoms with Gasteiger partial charge in [-0.05, 0) is 49.2 Å². The van der Waals surface area contributed by atoms with Crippen molar-refractivity contribution in [3.8, 4) is 17.2 Å². The average Bonchev–Trinajstić information content (AvgIpc) is 2.79. The van der Waals surface area contributed by atoms with Crippen LogP contribution in [0.15, 0.2) is 30.3 Å². The van der Waals surface area contributed by atoms with Crippen LogP contribution in [0.3, 0.4) is 0 Å². The Morgan fingerprint density at radius 3 is 2.39 bits per heavy atom. The number of piperidine rings is 1. The van der Waals surface area contributed by atoms with Gasteiger partial charge in [0.2, 0.25) is 5.75 Å². The number of carboxylic acid groups (broad SMARTS) is 1. The number of likely N-dealkylation sites (tertiary alicyclic amines) is 1. The first-order chi connectivity index (χ1) is 15.6. The van der Waals surface area contributed by atoms with Gasteiger partial charge in [-0.25, -0.2) is 0 Å². The maximum absolute atomic E-state index is 13.6. The summed E-state index contributed by atoms with van der Waals surface area (Å²) in [5.41, 5.74) is -0.127. The van der Waals surface area contributed by atoms with Crippen molar-refractivity contribution in [3.05, 3.63) is 52.0 Å². The van der Waals surface area contributed by atoms with Gasteiger partial charge in [0, 0.05) is 12.1 Å². The molecule has 0 aromatic heterocycles. The minimum absolute atomic E-state index is 0.168. The second-order valence-corrected chi connectivity index (χ2v) is 8.14. The summed E-state index contributed by atoms with van der Waals surface area (Å²) in [5, 5.41) is 9.15. The van der Waals surface area contributed by atoms with Gasteiger partial charge in [-0.1, -0.05) is 17.7 Å². The summed E-state index contributed by atoms with van der Waals surface area (Å²) >= 11 is 5.86. The van der Waals surface area contributed by atoms with Gasteiger partial charge in [0.05, 0.1) is 43.9 Å². The number of alkyl halides is 3. The van der Waals surface area contributed by atoms with Crippen LogP contribution in [-0.2, 0) is 11.0 Å². The van der Waals surface area contributed by atoms with E-state index >= 15 is 0 Å². The maximum Gasteiger partial charge on any atom is 0.417 e. The lowest BCUT2D eigenvalue weighted by atomic mass is 9.90. The summed E-state index contributed by atoms with van der Waals surface area (Å²) in [6, 6.07) is 6.33. The number of aliphatic carboxylic acids is 1. The van der Waals surface area contributed by atoms with Crippen molar-refractivity contribution in [2.45, 2.75) is 25.1 Å². The van der Waals surface area contributed by atoms with E-state index in [0.29, 0.717) is 47.8 Å². The smallest absolute Gasteiger partial charge is 0.417 e. The van der Waals surface area contributed by atoms with E-state index in [-0.39, 0.29) is 6.54 Å². The molecule has 3 rings (SSSR count). The summed E-state index contributed by atoms with van der Waals surface area (Å²) in [4.78, 5) is 13.5. The molecule has 0 radical (unpaired) electrons. The van der Waals surface area contributed by atoms with Crippen molar-refractivity contribution in [2.75, 3.05) is 34.4 Å². The molecule has 180 valence electrons. The van der Waals surface area contributed by atoms with Gasteiger partial charge in [-0.15, -0.1) is 0 Å². The molecule has 1 aliphatic heterocycles. The first-order valence-corrected chi connectivity index (χ1v) is 10.6. The predicted octanol–water partition coefficient (Wildman–Crippen LogP) is 5.27. The number of halogens is 4. The fourth-order valence-electron chi connectivity index (χ4n) is 4.30. The Morgan fingerprint density at radius 2 is 1.82 bits per heavy atom. The van der Waals surface area contributed by atoms with Gasteiger partial charge in [0.15, 0.2) is 11.5 Å². The molecular formula is C23H25ClF3NO5. The SMILES string of the molecule is COc1ccc(C(c2ccc(Cl)c(C(F)(F)F)c2)N2CCCC(C(=O)O)C2)c(OC)c1OC. The molecule has 2 unspecified atom stereocenters. The predicted molar refractivity (Wildman–Crippen MR) is 116 cm³/mol. The molecule has 0 amide bonds. The Bertz CT molecular complexity index is 1010. The Hall–Kier alpha value is -2.65. The highest BCUT2D eigenvalue weighted by Gasteiger charge is 2.37. The zero-order valence-electron chi connectivity index (χ0n) is 18.4. The molecule has 1 aliphatic rings. The summed E-state index contributed by atoms with van der Waals surface area (Å²) in [7, 11) is 4.33. The van der Waals surface area contributed by atoms with Gasteiger partial charge < -0.3 is 19.3 Å². The van der Waals surface area contributed by atoms with Crippen LogP contribution in [0.1, 0.15) is 35.6 Å². The second-order valence-electron chi connectivity index (χ2n) is 7.74. The van der Waals surface area contributed by atoms with Crippen molar-refractivity contribution < 1.29 is 37.3 Å². The van der Waals surface area contributed by atoms with Gasteiger partial charge >= 0.3 is 12.1 Å². The number of carboxylic acids is 1. The van der Waals surface area contributed by atoms with E-state index in [1.54, 1.807) is 12.1 Å². The van der Waals surface area contributed by atoms with Crippen molar-refractivity contribution in [1.82, 2.24) is 4.90 Å². The molecule has 1 fully saturated rings. The summed E-state index contributed by atoms with van der Waals surface area (Å²) in [6.07, 6.45) is -3.57. The lowest BCUT2D eigenvalue weighted by molar-refractivity contribution is -0.143. The van der Waals surface area contributed by atoms with E-state index in [0.717, 1.165) is 6.07 Å². The van der Waals surface area contributed by atoms with Crippen LogP contribution >= 0.6 is 11.6 Å². The van der Waals surface area contributed by atoms with Crippen molar-refractivity contribution in [1.29, 1.82) is 0 Å². The van der Waals surface area contributed by atoms with E-state index in [2.05, 4.69) is 0 Å². The van der Waals surface area contributed by atoms with Gasteiger partial charge in [-0.3, -0.25) is 9.69 Å². The molecule has 0 bridgehead atoms. The Labute approximate surface area is 194 Å². The van der Waals surface area contributed by atoms with Gasteiger partial charge in [0.25, 0.3) is 0 Å². The number of hydrogen-bond acceptors (Lipinski definition) is 5. The van der Waals surface area contributed by atoms with Crippen LogP contribution in [0.4, 0.5) is 13.2 Å². The van der Waals surface area contributed by atoms with Crippen LogP contribution in [-0.4, -0.2) is 50.4 Å². The monoisotopic (exact) mass is 487 g/mol.